The zero-order valence-corrected chi connectivity index (χ0v) is 29.1. The van der Waals surface area contributed by atoms with Gasteiger partial charge in [-0.15, -0.1) is 0 Å². The van der Waals surface area contributed by atoms with E-state index in [0.29, 0.717) is 19.4 Å². The van der Waals surface area contributed by atoms with Crippen LogP contribution in [-0.2, 0) is 40.0 Å². The molecule has 2 N–H and O–H groups in total. The van der Waals surface area contributed by atoms with Gasteiger partial charge in [0, 0.05) is 35.9 Å². The fraction of sp³-hybridized carbons (Fsp3) is 0.735. The predicted molar refractivity (Wildman–Crippen MR) is 176 cm³/mol. The second-order valence-corrected chi connectivity index (χ2v) is 14.6. The van der Waals surface area contributed by atoms with Crippen molar-refractivity contribution in [3.05, 3.63) is 33.4 Å². The van der Waals surface area contributed by atoms with E-state index in [-0.39, 0.29) is 37.9 Å². The Balaban J connectivity index is 1.38. The molecule has 46 heavy (non-hydrogen) atoms. The van der Waals surface area contributed by atoms with Crippen LogP contribution in [0, 0.1) is 8.99 Å². The third-order valence-corrected chi connectivity index (χ3v) is 11.5. The summed E-state index contributed by atoms with van der Waals surface area (Å²) in [6, 6.07) is 6.21. The van der Waals surface area contributed by atoms with Gasteiger partial charge in [-0.2, -0.15) is 5.06 Å². The highest BCUT2D eigenvalue weighted by Gasteiger charge is 2.77. The topological polar surface area (TPSA) is 127 Å². The fourth-order valence-corrected chi connectivity index (χ4v) is 8.88. The average Bonchev–Trinajstić information content (AvgIpc) is 3.77. The molecule has 4 aliphatic heterocycles. The maximum Gasteiger partial charge on any atom is 0.327 e. The fourth-order valence-electron chi connectivity index (χ4n) is 8.32. The summed E-state index contributed by atoms with van der Waals surface area (Å²) in [7, 11) is 0. The van der Waals surface area contributed by atoms with E-state index in [1.807, 2.05) is 24.3 Å². The van der Waals surface area contributed by atoms with Gasteiger partial charge in [-0.05, 0) is 59.9 Å². The Morgan fingerprint density at radius 1 is 1.07 bits per heavy atom. The van der Waals surface area contributed by atoms with Gasteiger partial charge in [-0.3, -0.25) is 19.2 Å². The minimum atomic E-state index is -1.31. The van der Waals surface area contributed by atoms with E-state index in [9.17, 15) is 14.7 Å². The van der Waals surface area contributed by atoms with Crippen LogP contribution < -0.4 is 5.32 Å². The first-order valence-corrected chi connectivity index (χ1v) is 18.3. The molecule has 254 valence electrons. The lowest BCUT2D eigenvalue weighted by Gasteiger charge is -2.50. The molecule has 5 fully saturated rings. The van der Waals surface area contributed by atoms with E-state index in [0.717, 1.165) is 60.5 Å². The summed E-state index contributed by atoms with van der Waals surface area (Å²) in [5.41, 5.74) is -0.344. The van der Waals surface area contributed by atoms with Crippen molar-refractivity contribution in [3.63, 3.8) is 0 Å². The van der Waals surface area contributed by atoms with Gasteiger partial charge in [0.15, 0.2) is 11.8 Å². The van der Waals surface area contributed by atoms with E-state index in [4.69, 9.17) is 19.0 Å². The molecule has 6 rings (SSSR count). The lowest BCUT2D eigenvalue weighted by Crippen LogP contribution is -2.70. The number of aliphatic hydroxyl groups is 1. The highest BCUT2D eigenvalue weighted by molar-refractivity contribution is 14.1. The number of benzene rings is 1. The number of aliphatic hydroxyl groups excluding tert-OH is 1. The molecule has 1 saturated carbocycles. The Kier molecular flexibility index (Phi) is 10.6. The number of nitrogens with one attached hydrogen (secondary N) is 1. The van der Waals surface area contributed by atoms with Gasteiger partial charge in [0.1, 0.15) is 35.9 Å². The monoisotopic (exact) mass is 753 g/mol. The Labute approximate surface area is 285 Å². The number of hydroxylamine groups is 2. The van der Waals surface area contributed by atoms with Crippen molar-refractivity contribution in [1.82, 2.24) is 15.3 Å². The van der Waals surface area contributed by atoms with Crippen LogP contribution in [0.15, 0.2) is 24.3 Å². The van der Waals surface area contributed by atoms with Gasteiger partial charge >= 0.3 is 5.97 Å². The first-order chi connectivity index (χ1) is 22.3. The Hall–Kier alpha value is -1.84. The minimum absolute atomic E-state index is 0.113. The summed E-state index contributed by atoms with van der Waals surface area (Å²) in [4.78, 5) is 50.7. The highest BCUT2D eigenvalue weighted by Crippen LogP contribution is 2.59. The van der Waals surface area contributed by atoms with Crippen LogP contribution in [0.4, 0.5) is 0 Å². The first kappa shape index (κ1) is 34.0. The quantitative estimate of drug-likeness (QED) is 0.166. The Bertz CT molecular complexity index is 1270. The first-order valence-electron chi connectivity index (χ1n) is 17.2. The van der Waals surface area contributed by atoms with E-state index in [2.05, 4.69) is 41.8 Å². The molecule has 1 aromatic carbocycles. The van der Waals surface area contributed by atoms with Gasteiger partial charge in [0.2, 0.25) is 11.8 Å². The van der Waals surface area contributed by atoms with Gasteiger partial charge in [0.05, 0.1) is 13.2 Å². The lowest BCUT2D eigenvalue weighted by atomic mass is 9.62. The van der Waals surface area contributed by atoms with Crippen molar-refractivity contribution in [2.45, 2.75) is 133 Å². The summed E-state index contributed by atoms with van der Waals surface area (Å²) in [5.74, 6) is -1.91. The number of hydrogen-bond donors (Lipinski definition) is 2. The molecule has 2 amide bonds. The molecule has 0 spiro atoms. The predicted octanol–water partition coefficient (Wildman–Crippen LogP) is 3.83. The number of fused-ring (bicyclic) bond motifs is 4. The van der Waals surface area contributed by atoms with Crippen molar-refractivity contribution >= 4 is 40.4 Å². The van der Waals surface area contributed by atoms with E-state index >= 15 is 4.79 Å². The maximum absolute atomic E-state index is 15.0. The number of nitrogens with zero attached hydrogens (tertiary/aromatic N) is 2. The largest absolute Gasteiger partial charge is 0.458 e. The second-order valence-electron chi connectivity index (χ2n) is 13.5. The minimum Gasteiger partial charge on any atom is -0.458 e. The number of esters is 1. The third kappa shape index (κ3) is 6.11. The number of carbonyl (C=O) groups excluding carboxylic acids is 3. The summed E-state index contributed by atoms with van der Waals surface area (Å²) in [6.07, 6.45) is 6.36. The van der Waals surface area contributed by atoms with Crippen LogP contribution in [0.1, 0.15) is 90.0 Å². The number of halogens is 1. The Morgan fingerprint density at radius 3 is 2.48 bits per heavy atom. The van der Waals surface area contributed by atoms with Crippen LogP contribution in [0.2, 0.25) is 0 Å². The summed E-state index contributed by atoms with van der Waals surface area (Å²) >= 11 is 2.27. The number of ether oxygens (including phenoxy) is 3. The number of hydrogen-bond acceptors (Lipinski definition) is 9. The number of carbonyl (C=O) groups is 3. The number of likely N-dealkylation sites (tertiary alicyclic amines) is 1. The van der Waals surface area contributed by atoms with Crippen molar-refractivity contribution in [1.29, 1.82) is 0 Å². The molecule has 11 nitrogen and oxygen atoms in total. The SMILES string of the molecule is CCCCCC1(CCCCC)O[C@@H]2[C@H](O1)[C@H]1ON(Cc3ccccc3I)[C@H]3C(=O)O[C@@H]2C[C@@]13C(=O)N1CCC[C@@H]1C(=O)NCCO. The molecule has 1 aromatic rings. The third-order valence-electron chi connectivity index (χ3n) is 10.5. The maximum atomic E-state index is 15.0. The molecule has 0 unspecified atom stereocenters. The summed E-state index contributed by atoms with van der Waals surface area (Å²) < 4.78 is 21.0. The molecule has 4 heterocycles. The van der Waals surface area contributed by atoms with Crippen LogP contribution in [0.5, 0.6) is 0 Å². The summed E-state index contributed by atoms with van der Waals surface area (Å²) in [6.45, 7) is 4.95. The van der Waals surface area contributed by atoms with Crippen molar-refractivity contribution < 1.29 is 38.5 Å². The standard InChI is InChI=1S/C34H48IN3O8/c1-3-5-9-15-33(16-10-6-4-2)44-26-25-20-34(32(42)37-18-11-14-24(37)30(40)36-17-19-39)28(31(41)43-25)38(46-29(34)27(26)45-33)21-22-12-7-8-13-23(22)35/h7-8,12-13,24-29,39H,3-6,9-11,14-21H2,1-2H3,(H,36,40)/t24-,25-,26+,27+,28+,29-,34+/m1/s1. The van der Waals surface area contributed by atoms with Gasteiger partial charge in [-0.1, -0.05) is 57.7 Å². The molecular formula is C34H48IN3O8. The molecule has 0 aromatic heterocycles. The highest BCUT2D eigenvalue weighted by atomic mass is 127. The molecule has 12 heteroatoms. The van der Waals surface area contributed by atoms with Crippen LogP contribution in [-0.4, -0.2) is 94.8 Å². The lowest BCUT2D eigenvalue weighted by molar-refractivity contribution is -0.225. The smallest absolute Gasteiger partial charge is 0.327 e. The molecule has 2 bridgehead atoms. The van der Waals surface area contributed by atoms with Gasteiger partial charge in [-0.25, -0.2) is 0 Å². The number of unbranched alkanes of at least 4 members (excludes halogenated alkanes) is 4. The van der Waals surface area contributed by atoms with Crippen molar-refractivity contribution in [3.8, 4) is 0 Å². The Morgan fingerprint density at radius 2 is 1.78 bits per heavy atom. The van der Waals surface area contributed by atoms with E-state index in [1.165, 1.54) is 0 Å². The molecular weight excluding hydrogens is 705 g/mol. The molecule has 5 aliphatic rings. The zero-order chi connectivity index (χ0) is 32.5. The van der Waals surface area contributed by atoms with E-state index in [1.54, 1.807) is 9.96 Å². The number of amides is 2. The number of rotatable bonds is 14. The van der Waals surface area contributed by atoms with Crippen molar-refractivity contribution in [2.24, 2.45) is 5.41 Å². The zero-order valence-electron chi connectivity index (χ0n) is 27.0. The van der Waals surface area contributed by atoms with E-state index < -0.39 is 53.7 Å². The van der Waals surface area contributed by atoms with Crippen LogP contribution in [0.25, 0.3) is 0 Å². The average molecular weight is 754 g/mol. The van der Waals surface area contributed by atoms with Crippen LogP contribution in [0.3, 0.4) is 0 Å². The molecule has 1 aliphatic carbocycles. The second kappa shape index (κ2) is 14.3. The molecule has 0 radical (unpaired) electrons. The van der Waals surface area contributed by atoms with Gasteiger partial charge in [0.25, 0.3) is 0 Å². The van der Waals surface area contributed by atoms with Gasteiger partial charge < -0.3 is 29.5 Å². The van der Waals surface area contributed by atoms with Crippen molar-refractivity contribution in [2.75, 3.05) is 19.7 Å². The normalized spacial score (nSPS) is 32.8. The molecule has 7 atom stereocenters. The van der Waals surface area contributed by atoms with Crippen LogP contribution >= 0.6 is 22.6 Å². The summed E-state index contributed by atoms with van der Waals surface area (Å²) in [5, 5.41) is 13.7. The molecule has 4 saturated heterocycles.